The first-order valence-electron chi connectivity index (χ1n) is 14.3. The predicted molar refractivity (Wildman–Crippen MR) is 161 cm³/mol. The Bertz CT molecular complexity index is 1680. The van der Waals surface area contributed by atoms with Crippen LogP contribution in [0.4, 0.5) is 21.7 Å². The van der Waals surface area contributed by atoms with Crippen LogP contribution in [-0.4, -0.2) is 72.7 Å². The van der Waals surface area contributed by atoms with Crippen LogP contribution in [0.3, 0.4) is 0 Å². The first-order valence-corrected chi connectivity index (χ1v) is 14.3. The van der Waals surface area contributed by atoms with Gasteiger partial charge in [-0.3, -0.25) is 9.69 Å². The van der Waals surface area contributed by atoms with Gasteiger partial charge in [-0.05, 0) is 69.5 Å². The van der Waals surface area contributed by atoms with Gasteiger partial charge in [0, 0.05) is 49.3 Å². The molecular weight excluding hydrogens is 535 g/mol. The van der Waals surface area contributed by atoms with Gasteiger partial charge in [0.2, 0.25) is 5.95 Å². The highest BCUT2D eigenvalue weighted by Crippen LogP contribution is 2.32. The topological polar surface area (TPSA) is 104 Å². The fraction of sp³-hybridized carbons (Fsp3) is 0.419. The number of nitrogens with one attached hydrogen (secondary N) is 1. The summed E-state index contributed by atoms with van der Waals surface area (Å²) in [6.45, 7) is 5.33. The Morgan fingerprint density at radius 2 is 1.90 bits per heavy atom. The number of anilines is 3. The third kappa shape index (κ3) is 5.24. The van der Waals surface area contributed by atoms with E-state index in [2.05, 4.69) is 48.1 Å². The van der Waals surface area contributed by atoms with Crippen LogP contribution in [0.5, 0.6) is 0 Å². The number of aliphatic hydroxyl groups is 1. The van der Waals surface area contributed by atoms with Crippen molar-refractivity contribution in [3.63, 3.8) is 0 Å². The third-order valence-electron chi connectivity index (χ3n) is 8.21. The van der Waals surface area contributed by atoms with Crippen molar-refractivity contribution in [3.8, 4) is 18.2 Å². The standard InChI is InChI=1S/C31H35FN8O2/c1-4-16-39-29(41)25-18-33-30(36-28(25)40(39)27-10-6-9-26(35-27)31(2,3)42)34-21-11-13-22(14-12-21)38-20-23-7-5-8-24(38)19-37(23)17-15-32/h1,6,9-14,18,23-24,42H,5,7-8,15-17,19-20H2,2-3H3,(H,33,34,36). The predicted octanol–water partition coefficient (Wildman–Crippen LogP) is 3.59. The molecule has 3 fully saturated rings. The lowest BCUT2D eigenvalue weighted by Crippen LogP contribution is -2.56. The summed E-state index contributed by atoms with van der Waals surface area (Å²) in [4.78, 5) is 31.7. The highest BCUT2D eigenvalue weighted by atomic mass is 19.1. The van der Waals surface area contributed by atoms with E-state index in [1.54, 1.807) is 36.7 Å². The SMILES string of the molecule is C#CCn1c(=O)c2cnc(Nc3ccc(N4CC5CCCC4CN5CCF)cc3)nc2n1-c1cccc(C(C)(C)O)n1. The largest absolute Gasteiger partial charge is 0.384 e. The molecule has 7 rings (SSSR count). The maximum atomic E-state index is 13.2. The maximum absolute atomic E-state index is 13.2. The Labute approximate surface area is 243 Å². The van der Waals surface area contributed by atoms with Crippen molar-refractivity contribution in [2.24, 2.45) is 0 Å². The van der Waals surface area contributed by atoms with Crippen LogP contribution in [0.1, 0.15) is 38.8 Å². The molecule has 10 nitrogen and oxygen atoms in total. The zero-order valence-electron chi connectivity index (χ0n) is 23.9. The van der Waals surface area contributed by atoms with E-state index in [-0.39, 0.29) is 18.8 Å². The second-order valence-corrected chi connectivity index (χ2v) is 11.5. The molecule has 11 heteroatoms. The monoisotopic (exact) mass is 570 g/mol. The first-order chi connectivity index (χ1) is 20.3. The van der Waals surface area contributed by atoms with E-state index in [4.69, 9.17) is 6.42 Å². The number of alkyl halides is 1. The number of benzene rings is 1. The number of nitrogens with zero attached hydrogens (tertiary/aromatic N) is 7. The molecule has 2 unspecified atom stereocenters. The third-order valence-corrected chi connectivity index (χ3v) is 8.21. The average molecular weight is 571 g/mol. The van der Waals surface area contributed by atoms with E-state index in [9.17, 15) is 14.3 Å². The molecule has 2 N–H and O–H groups in total. The van der Waals surface area contributed by atoms with E-state index in [0.717, 1.165) is 37.3 Å². The molecule has 6 heterocycles. The van der Waals surface area contributed by atoms with Gasteiger partial charge in [0.1, 0.15) is 24.2 Å². The summed E-state index contributed by atoms with van der Waals surface area (Å²) in [5.74, 6) is 3.25. The number of terminal acetylenes is 1. The summed E-state index contributed by atoms with van der Waals surface area (Å²) in [5, 5.41) is 14.1. The van der Waals surface area contributed by atoms with Gasteiger partial charge < -0.3 is 15.3 Å². The quantitative estimate of drug-likeness (QED) is 0.310. The van der Waals surface area contributed by atoms with Crippen LogP contribution in [-0.2, 0) is 12.1 Å². The van der Waals surface area contributed by atoms with Gasteiger partial charge in [-0.15, -0.1) is 6.42 Å². The molecule has 0 saturated carbocycles. The number of pyridine rings is 1. The van der Waals surface area contributed by atoms with Crippen LogP contribution in [0, 0.1) is 12.3 Å². The molecule has 0 aliphatic carbocycles. The Kier molecular flexibility index (Phi) is 7.43. The molecular formula is C31H35FN8O2. The van der Waals surface area contributed by atoms with Crippen molar-refractivity contribution in [2.45, 2.75) is 57.3 Å². The molecule has 2 atom stereocenters. The van der Waals surface area contributed by atoms with E-state index < -0.39 is 5.60 Å². The van der Waals surface area contributed by atoms with Gasteiger partial charge in [-0.2, -0.15) is 4.98 Å². The van der Waals surface area contributed by atoms with Crippen molar-refractivity contribution < 1.29 is 9.50 Å². The summed E-state index contributed by atoms with van der Waals surface area (Å²) in [6, 6.07) is 14.2. The smallest absolute Gasteiger partial charge is 0.279 e. The van der Waals surface area contributed by atoms with Crippen molar-refractivity contribution in [3.05, 3.63) is 64.7 Å². The number of rotatable bonds is 8. The molecule has 2 bridgehead atoms. The fourth-order valence-electron chi connectivity index (χ4n) is 6.12. The van der Waals surface area contributed by atoms with Crippen molar-refractivity contribution in [2.75, 3.05) is 36.5 Å². The lowest BCUT2D eigenvalue weighted by Gasteiger charge is -2.45. The Morgan fingerprint density at radius 1 is 1.12 bits per heavy atom. The minimum atomic E-state index is -1.18. The lowest BCUT2D eigenvalue weighted by atomic mass is 10.1. The highest BCUT2D eigenvalue weighted by Gasteiger charge is 2.36. The molecule has 3 saturated heterocycles. The van der Waals surface area contributed by atoms with E-state index in [1.807, 2.05) is 12.1 Å². The number of halogens is 1. The second kappa shape index (κ2) is 11.2. The second-order valence-electron chi connectivity index (χ2n) is 11.5. The number of piperazine rings is 1. The zero-order chi connectivity index (χ0) is 29.4. The molecule has 0 spiro atoms. The van der Waals surface area contributed by atoms with Gasteiger partial charge in [0.05, 0.1) is 5.69 Å². The van der Waals surface area contributed by atoms with Gasteiger partial charge >= 0.3 is 0 Å². The molecule has 218 valence electrons. The summed E-state index contributed by atoms with van der Waals surface area (Å²) in [7, 11) is 0. The summed E-state index contributed by atoms with van der Waals surface area (Å²) >= 11 is 0. The lowest BCUT2D eigenvalue weighted by molar-refractivity contribution is 0.0738. The van der Waals surface area contributed by atoms with Crippen LogP contribution in [0.25, 0.3) is 16.9 Å². The maximum Gasteiger partial charge on any atom is 0.279 e. The number of hydrogen-bond donors (Lipinski definition) is 2. The summed E-state index contributed by atoms with van der Waals surface area (Å²) < 4.78 is 16.0. The van der Waals surface area contributed by atoms with Crippen molar-refractivity contribution in [1.82, 2.24) is 29.2 Å². The van der Waals surface area contributed by atoms with Gasteiger partial charge in [-0.25, -0.2) is 23.7 Å². The van der Waals surface area contributed by atoms with E-state index in [0.29, 0.717) is 47.1 Å². The Morgan fingerprint density at radius 3 is 2.64 bits per heavy atom. The van der Waals surface area contributed by atoms with Crippen LogP contribution in [0.2, 0.25) is 0 Å². The number of aromatic nitrogens is 5. The Balaban J connectivity index is 1.29. The molecule has 1 aromatic carbocycles. The van der Waals surface area contributed by atoms with Gasteiger partial charge in [-0.1, -0.05) is 12.0 Å². The fourth-order valence-corrected chi connectivity index (χ4v) is 6.12. The first kappa shape index (κ1) is 27.9. The Hall–Kier alpha value is -4.27. The molecule has 4 aromatic rings. The summed E-state index contributed by atoms with van der Waals surface area (Å²) in [5.41, 5.74) is 1.24. The number of fused-ring (bicyclic) bond motifs is 5. The van der Waals surface area contributed by atoms with Crippen molar-refractivity contribution in [1.29, 1.82) is 0 Å². The van der Waals surface area contributed by atoms with Crippen LogP contribution < -0.4 is 15.8 Å². The minimum Gasteiger partial charge on any atom is -0.384 e. The van der Waals surface area contributed by atoms with Crippen molar-refractivity contribution >= 4 is 28.4 Å². The molecule has 3 aliphatic rings. The molecule has 3 aliphatic heterocycles. The highest BCUT2D eigenvalue weighted by molar-refractivity contribution is 5.77. The minimum absolute atomic E-state index is 0.0116. The van der Waals surface area contributed by atoms with Crippen LogP contribution >= 0.6 is 0 Å². The number of hydrogen-bond acceptors (Lipinski definition) is 8. The normalized spacial score (nSPS) is 19.2. The van der Waals surface area contributed by atoms with Crippen LogP contribution in [0.15, 0.2) is 53.5 Å². The zero-order valence-corrected chi connectivity index (χ0v) is 23.9. The van der Waals surface area contributed by atoms with Gasteiger partial charge in [0.25, 0.3) is 5.56 Å². The van der Waals surface area contributed by atoms with E-state index >= 15 is 0 Å². The van der Waals surface area contributed by atoms with E-state index in [1.165, 1.54) is 17.3 Å². The molecule has 0 radical (unpaired) electrons. The molecule has 3 aromatic heterocycles. The molecule has 42 heavy (non-hydrogen) atoms. The molecule has 0 amide bonds. The summed E-state index contributed by atoms with van der Waals surface area (Å²) in [6.07, 6.45) is 10.5. The average Bonchev–Trinajstić information content (AvgIpc) is 3.13. The van der Waals surface area contributed by atoms with Gasteiger partial charge in [0.15, 0.2) is 11.5 Å².